The Bertz CT molecular complexity index is 415. The number of hydrogen-bond donors (Lipinski definition) is 1. The van der Waals surface area contributed by atoms with Crippen LogP contribution in [0.25, 0.3) is 5.57 Å². The van der Waals surface area contributed by atoms with Gasteiger partial charge >= 0.3 is 0 Å². The standard InChI is InChI=1S/C11H10ClF2N/c12-9-6-10(13)8(5-11(9)14)7-1-3-15-4-2-7/h1,5-6,15H,2-4H2. The van der Waals surface area contributed by atoms with Gasteiger partial charge in [-0.05, 0) is 30.7 Å². The second kappa shape index (κ2) is 4.29. The van der Waals surface area contributed by atoms with E-state index < -0.39 is 11.6 Å². The quantitative estimate of drug-likeness (QED) is 0.730. The maximum Gasteiger partial charge on any atom is 0.142 e. The van der Waals surface area contributed by atoms with Gasteiger partial charge in [0.25, 0.3) is 0 Å². The van der Waals surface area contributed by atoms with E-state index in [0.717, 1.165) is 24.3 Å². The van der Waals surface area contributed by atoms with Crippen molar-refractivity contribution < 1.29 is 8.78 Å². The molecule has 0 bridgehead atoms. The SMILES string of the molecule is Fc1cc(C2=CCNCC2)c(F)cc1Cl. The Morgan fingerprint density at radius 3 is 2.67 bits per heavy atom. The molecule has 1 N–H and O–H groups in total. The molecule has 0 atom stereocenters. The zero-order chi connectivity index (χ0) is 10.8. The molecule has 1 aliphatic rings. The van der Waals surface area contributed by atoms with Crippen molar-refractivity contribution in [1.29, 1.82) is 0 Å². The van der Waals surface area contributed by atoms with Gasteiger partial charge in [0.05, 0.1) is 5.02 Å². The molecule has 15 heavy (non-hydrogen) atoms. The van der Waals surface area contributed by atoms with Gasteiger partial charge in [0.15, 0.2) is 0 Å². The van der Waals surface area contributed by atoms with E-state index in [1.54, 1.807) is 0 Å². The molecule has 1 heterocycles. The van der Waals surface area contributed by atoms with Crippen molar-refractivity contribution in [2.75, 3.05) is 13.1 Å². The summed E-state index contributed by atoms with van der Waals surface area (Å²) < 4.78 is 26.7. The summed E-state index contributed by atoms with van der Waals surface area (Å²) in [5.74, 6) is -1.04. The average Bonchev–Trinajstić information content (AvgIpc) is 2.25. The maximum absolute atomic E-state index is 13.5. The molecule has 0 saturated heterocycles. The highest BCUT2D eigenvalue weighted by atomic mass is 35.5. The van der Waals surface area contributed by atoms with Crippen LogP contribution in [0.3, 0.4) is 0 Å². The molecule has 1 aliphatic heterocycles. The predicted octanol–water partition coefficient (Wildman–Crippen LogP) is 2.99. The van der Waals surface area contributed by atoms with E-state index in [1.807, 2.05) is 6.08 Å². The van der Waals surface area contributed by atoms with Gasteiger partial charge in [-0.15, -0.1) is 0 Å². The Balaban J connectivity index is 2.43. The Kier molecular flexibility index (Phi) is 3.03. The van der Waals surface area contributed by atoms with Crippen LogP contribution in [0.1, 0.15) is 12.0 Å². The van der Waals surface area contributed by atoms with E-state index in [1.165, 1.54) is 0 Å². The smallest absolute Gasteiger partial charge is 0.142 e. The van der Waals surface area contributed by atoms with Gasteiger partial charge in [0.1, 0.15) is 11.6 Å². The molecule has 0 aliphatic carbocycles. The van der Waals surface area contributed by atoms with Gasteiger partial charge in [0, 0.05) is 12.1 Å². The Morgan fingerprint density at radius 1 is 1.20 bits per heavy atom. The lowest BCUT2D eigenvalue weighted by Crippen LogP contribution is -2.20. The average molecular weight is 230 g/mol. The third kappa shape index (κ3) is 2.19. The number of benzene rings is 1. The summed E-state index contributed by atoms with van der Waals surface area (Å²) in [6, 6.07) is 2.18. The predicted molar refractivity (Wildman–Crippen MR) is 56.8 cm³/mol. The van der Waals surface area contributed by atoms with E-state index in [4.69, 9.17) is 11.6 Å². The number of halogens is 3. The minimum absolute atomic E-state index is 0.175. The lowest BCUT2D eigenvalue weighted by atomic mass is 10.00. The first kappa shape index (κ1) is 10.6. The van der Waals surface area contributed by atoms with Crippen LogP contribution < -0.4 is 5.32 Å². The Labute approximate surface area is 91.7 Å². The van der Waals surface area contributed by atoms with Gasteiger partial charge in [-0.3, -0.25) is 0 Å². The summed E-state index contributed by atoms with van der Waals surface area (Å²) in [4.78, 5) is 0. The van der Waals surface area contributed by atoms with Gasteiger partial charge in [0.2, 0.25) is 0 Å². The van der Waals surface area contributed by atoms with Crippen molar-refractivity contribution in [3.8, 4) is 0 Å². The maximum atomic E-state index is 13.5. The van der Waals surface area contributed by atoms with Crippen LogP contribution in [0, 0.1) is 11.6 Å². The molecule has 0 amide bonds. The van der Waals surface area contributed by atoms with Crippen LogP contribution >= 0.6 is 11.6 Å². The summed E-state index contributed by atoms with van der Waals surface area (Å²) in [5.41, 5.74) is 1.15. The van der Waals surface area contributed by atoms with E-state index >= 15 is 0 Å². The molecule has 0 radical (unpaired) electrons. The zero-order valence-electron chi connectivity index (χ0n) is 7.99. The largest absolute Gasteiger partial charge is 0.313 e. The summed E-state index contributed by atoms with van der Waals surface area (Å²) in [5, 5.41) is 2.94. The Hall–Kier alpha value is -0.930. The third-order valence-electron chi connectivity index (χ3n) is 2.42. The molecule has 1 aromatic rings. The van der Waals surface area contributed by atoms with Crippen molar-refractivity contribution in [2.45, 2.75) is 6.42 Å². The van der Waals surface area contributed by atoms with E-state index in [2.05, 4.69) is 5.32 Å². The van der Waals surface area contributed by atoms with Gasteiger partial charge in [-0.25, -0.2) is 8.78 Å². The number of hydrogen-bond acceptors (Lipinski definition) is 1. The first-order chi connectivity index (χ1) is 7.18. The first-order valence-electron chi connectivity index (χ1n) is 4.73. The topological polar surface area (TPSA) is 12.0 Å². The molecule has 0 fully saturated rings. The van der Waals surface area contributed by atoms with Crippen molar-refractivity contribution in [1.82, 2.24) is 5.32 Å². The molecule has 0 spiro atoms. The zero-order valence-corrected chi connectivity index (χ0v) is 8.74. The van der Waals surface area contributed by atoms with Crippen molar-refractivity contribution in [2.24, 2.45) is 0 Å². The second-order valence-corrected chi connectivity index (χ2v) is 3.84. The summed E-state index contributed by atoms with van der Waals surface area (Å²) in [7, 11) is 0. The highest BCUT2D eigenvalue weighted by Gasteiger charge is 2.13. The number of rotatable bonds is 1. The monoisotopic (exact) mass is 229 g/mol. The Morgan fingerprint density at radius 2 is 2.00 bits per heavy atom. The third-order valence-corrected chi connectivity index (χ3v) is 2.71. The fourth-order valence-electron chi connectivity index (χ4n) is 1.64. The van der Waals surface area contributed by atoms with Crippen LogP contribution in [-0.4, -0.2) is 13.1 Å². The molecule has 0 aromatic heterocycles. The van der Waals surface area contributed by atoms with E-state index in [9.17, 15) is 8.78 Å². The summed E-state index contributed by atoms with van der Waals surface area (Å²) in [6.45, 7) is 1.48. The molecule has 4 heteroatoms. The van der Waals surface area contributed by atoms with Crippen LogP contribution in [0.4, 0.5) is 8.78 Å². The van der Waals surface area contributed by atoms with Crippen LogP contribution in [0.15, 0.2) is 18.2 Å². The minimum Gasteiger partial charge on any atom is -0.313 e. The molecule has 80 valence electrons. The fraction of sp³-hybridized carbons (Fsp3) is 0.273. The van der Waals surface area contributed by atoms with Crippen LogP contribution in [-0.2, 0) is 0 Å². The van der Waals surface area contributed by atoms with Crippen molar-refractivity contribution in [3.63, 3.8) is 0 Å². The van der Waals surface area contributed by atoms with Gasteiger partial charge in [-0.1, -0.05) is 17.7 Å². The lowest BCUT2D eigenvalue weighted by molar-refractivity contribution is 0.595. The molecule has 2 rings (SSSR count). The summed E-state index contributed by atoms with van der Waals surface area (Å²) in [6.07, 6.45) is 2.58. The summed E-state index contributed by atoms with van der Waals surface area (Å²) >= 11 is 5.48. The molecule has 1 aromatic carbocycles. The van der Waals surface area contributed by atoms with Gasteiger partial charge < -0.3 is 5.32 Å². The van der Waals surface area contributed by atoms with Crippen molar-refractivity contribution >= 4 is 17.2 Å². The molecule has 0 unspecified atom stereocenters. The number of nitrogens with one attached hydrogen (secondary N) is 1. The minimum atomic E-state index is -0.576. The molecule has 1 nitrogen and oxygen atoms in total. The van der Waals surface area contributed by atoms with Crippen LogP contribution in [0.2, 0.25) is 5.02 Å². The van der Waals surface area contributed by atoms with E-state index in [0.29, 0.717) is 18.5 Å². The van der Waals surface area contributed by atoms with Gasteiger partial charge in [-0.2, -0.15) is 0 Å². The second-order valence-electron chi connectivity index (χ2n) is 3.43. The fourth-order valence-corrected chi connectivity index (χ4v) is 1.79. The molecular formula is C11H10ClF2N. The van der Waals surface area contributed by atoms with E-state index in [-0.39, 0.29) is 5.02 Å². The van der Waals surface area contributed by atoms with Crippen molar-refractivity contribution in [3.05, 3.63) is 40.4 Å². The normalized spacial score (nSPS) is 16.3. The molecule has 0 saturated carbocycles. The lowest BCUT2D eigenvalue weighted by Gasteiger charge is -2.15. The highest BCUT2D eigenvalue weighted by molar-refractivity contribution is 6.30. The highest BCUT2D eigenvalue weighted by Crippen LogP contribution is 2.27. The first-order valence-corrected chi connectivity index (χ1v) is 5.11. The van der Waals surface area contributed by atoms with Crippen LogP contribution in [0.5, 0.6) is 0 Å². The molecular weight excluding hydrogens is 220 g/mol.